The Hall–Kier alpha value is -0.760. The first-order valence-corrected chi connectivity index (χ1v) is 5.75. The molecule has 0 bridgehead atoms. The van der Waals surface area contributed by atoms with Crippen LogP contribution in [0.25, 0.3) is 0 Å². The Morgan fingerprint density at radius 1 is 1.43 bits per heavy atom. The molecule has 0 aromatic carbocycles. The molecule has 0 fully saturated rings. The van der Waals surface area contributed by atoms with E-state index in [2.05, 4.69) is 37.8 Å². The average molecular weight is 209 g/mol. The molecule has 0 spiro atoms. The molecule has 1 nitrogen and oxygen atoms in total. The zero-order valence-electron chi connectivity index (χ0n) is 9.72. The Morgan fingerprint density at radius 2 is 2.00 bits per heavy atom. The molecule has 0 amide bonds. The molecular formula is C12H19NS. The Kier molecular flexibility index (Phi) is 6.30. The number of rotatable bonds is 1. The second-order valence-electron chi connectivity index (χ2n) is 2.91. The summed E-state index contributed by atoms with van der Waals surface area (Å²) in [5.74, 6) is 0. The third-order valence-electron chi connectivity index (χ3n) is 1.66. The van der Waals surface area contributed by atoms with Crippen LogP contribution in [0.2, 0.25) is 0 Å². The fraction of sp³-hybridized carbons (Fsp3) is 0.417. The maximum Gasteiger partial charge on any atom is 0.108 e. The van der Waals surface area contributed by atoms with Crippen LogP contribution in [0.5, 0.6) is 0 Å². The molecule has 1 aliphatic rings. The van der Waals surface area contributed by atoms with Crippen LogP contribution in [0.4, 0.5) is 0 Å². The summed E-state index contributed by atoms with van der Waals surface area (Å²) in [6.45, 7) is 13.9. The fourth-order valence-corrected chi connectivity index (χ4v) is 2.24. The Bertz CT molecular complexity index is 291. The van der Waals surface area contributed by atoms with Gasteiger partial charge >= 0.3 is 0 Å². The van der Waals surface area contributed by atoms with Crippen molar-refractivity contribution in [3.05, 3.63) is 34.9 Å². The molecule has 0 aliphatic carbocycles. The number of nitrogens with zero attached hydrogens (tertiary/aromatic N) is 1. The highest BCUT2D eigenvalue weighted by Gasteiger charge is 2.16. The highest BCUT2D eigenvalue weighted by Crippen LogP contribution is 2.32. The van der Waals surface area contributed by atoms with Crippen molar-refractivity contribution in [3.8, 4) is 0 Å². The fourth-order valence-electron chi connectivity index (χ4n) is 1.22. The quantitative estimate of drug-likeness (QED) is 0.617. The van der Waals surface area contributed by atoms with E-state index in [-0.39, 0.29) is 0 Å². The van der Waals surface area contributed by atoms with Crippen molar-refractivity contribution >= 4 is 16.8 Å². The zero-order chi connectivity index (χ0) is 11.1. The standard InChI is InChI=1S/C10H13NS.C2H6/c1-5-11-10-9(7(2)3)8(4)6-12-10;1-2/h5-6H,1H2,2-4H3;1-2H3. The van der Waals surface area contributed by atoms with Crippen molar-refractivity contribution in [2.45, 2.75) is 34.6 Å². The molecule has 0 atom stereocenters. The molecule has 0 saturated carbocycles. The predicted molar refractivity (Wildman–Crippen MR) is 68.7 cm³/mol. The summed E-state index contributed by atoms with van der Waals surface area (Å²) in [7, 11) is 0. The van der Waals surface area contributed by atoms with Gasteiger partial charge in [0.2, 0.25) is 0 Å². The topological polar surface area (TPSA) is 12.4 Å². The molecule has 1 aliphatic heterocycles. The number of thioether (sulfide) groups is 1. The van der Waals surface area contributed by atoms with Crippen molar-refractivity contribution in [2.75, 3.05) is 0 Å². The lowest BCUT2D eigenvalue weighted by Gasteiger charge is -2.02. The Balaban J connectivity index is 0.000000791. The monoisotopic (exact) mass is 209 g/mol. The Labute approximate surface area is 91.7 Å². The molecule has 0 unspecified atom stereocenters. The van der Waals surface area contributed by atoms with E-state index in [0.717, 1.165) is 5.04 Å². The van der Waals surface area contributed by atoms with Crippen LogP contribution in [-0.2, 0) is 0 Å². The van der Waals surface area contributed by atoms with Crippen LogP contribution in [0.1, 0.15) is 34.6 Å². The SMILES string of the molecule is C=CN=C1SC=C(C)C1=C(C)C.CC. The van der Waals surface area contributed by atoms with Gasteiger partial charge in [-0.05, 0) is 31.8 Å². The molecule has 0 saturated heterocycles. The minimum atomic E-state index is 1.07. The summed E-state index contributed by atoms with van der Waals surface area (Å²) < 4.78 is 0. The number of hydrogen-bond donors (Lipinski definition) is 0. The van der Waals surface area contributed by atoms with Crippen LogP contribution in [0.15, 0.2) is 39.9 Å². The molecule has 14 heavy (non-hydrogen) atoms. The summed E-state index contributed by atoms with van der Waals surface area (Å²) in [4.78, 5) is 4.21. The van der Waals surface area contributed by atoms with Crippen LogP contribution in [-0.4, -0.2) is 5.04 Å². The second-order valence-corrected chi connectivity index (χ2v) is 3.77. The first-order valence-electron chi connectivity index (χ1n) is 4.87. The molecule has 2 heteroatoms. The maximum absolute atomic E-state index is 4.21. The van der Waals surface area contributed by atoms with Crippen LogP contribution < -0.4 is 0 Å². The van der Waals surface area contributed by atoms with Gasteiger partial charge in [0.15, 0.2) is 0 Å². The summed E-state index contributed by atoms with van der Waals surface area (Å²) >= 11 is 1.67. The predicted octanol–water partition coefficient (Wildman–Crippen LogP) is 4.54. The molecule has 0 aromatic rings. The maximum atomic E-state index is 4.21. The van der Waals surface area contributed by atoms with Gasteiger partial charge < -0.3 is 0 Å². The van der Waals surface area contributed by atoms with E-state index in [1.807, 2.05) is 13.8 Å². The molecule has 1 rings (SSSR count). The lowest BCUT2D eigenvalue weighted by Crippen LogP contribution is -1.94. The highest BCUT2D eigenvalue weighted by atomic mass is 32.2. The minimum Gasteiger partial charge on any atom is -0.250 e. The van der Waals surface area contributed by atoms with Crippen molar-refractivity contribution in [1.82, 2.24) is 0 Å². The van der Waals surface area contributed by atoms with Crippen LogP contribution in [0, 0.1) is 0 Å². The van der Waals surface area contributed by atoms with E-state index < -0.39 is 0 Å². The van der Waals surface area contributed by atoms with Crippen molar-refractivity contribution in [2.24, 2.45) is 4.99 Å². The lowest BCUT2D eigenvalue weighted by atomic mass is 10.1. The van der Waals surface area contributed by atoms with E-state index in [1.54, 1.807) is 18.0 Å². The molecular weight excluding hydrogens is 190 g/mol. The first kappa shape index (κ1) is 13.2. The highest BCUT2D eigenvalue weighted by molar-refractivity contribution is 8.17. The molecule has 0 radical (unpaired) electrons. The van der Waals surface area contributed by atoms with Crippen molar-refractivity contribution in [3.63, 3.8) is 0 Å². The summed E-state index contributed by atoms with van der Waals surface area (Å²) in [5.41, 5.74) is 3.90. The number of hydrogen-bond acceptors (Lipinski definition) is 2. The van der Waals surface area contributed by atoms with Gasteiger partial charge in [0.1, 0.15) is 5.04 Å². The van der Waals surface area contributed by atoms with Gasteiger partial charge in [0, 0.05) is 11.8 Å². The molecule has 1 heterocycles. The van der Waals surface area contributed by atoms with Gasteiger partial charge in [-0.15, -0.1) is 0 Å². The van der Waals surface area contributed by atoms with Crippen LogP contribution in [0.3, 0.4) is 0 Å². The molecule has 0 aromatic heterocycles. The van der Waals surface area contributed by atoms with Gasteiger partial charge in [-0.25, -0.2) is 4.99 Å². The van der Waals surface area contributed by atoms with Crippen molar-refractivity contribution in [1.29, 1.82) is 0 Å². The minimum absolute atomic E-state index is 1.07. The van der Waals surface area contributed by atoms with Gasteiger partial charge in [0.25, 0.3) is 0 Å². The summed E-state index contributed by atoms with van der Waals surface area (Å²) in [6, 6.07) is 0. The molecule has 78 valence electrons. The van der Waals surface area contributed by atoms with E-state index in [9.17, 15) is 0 Å². The summed E-state index contributed by atoms with van der Waals surface area (Å²) in [5, 5.41) is 3.20. The third kappa shape index (κ3) is 3.18. The van der Waals surface area contributed by atoms with E-state index >= 15 is 0 Å². The van der Waals surface area contributed by atoms with Gasteiger partial charge in [-0.2, -0.15) is 0 Å². The normalized spacial score (nSPS) is 17.4. The zero-order valence-corrected chi connectivity index (χ0v) is 10.5. The molecule has 0 N–H and O–H groups in total. The van der Waals surface area contributed by atoms with E-state index in [0.29, 0.717) is 0 Å². The van der Waals surface area contributed by atoms with Gasteiger partial charge in [0.05, 0.1) is 0 Å². The largest absolute Gasteiger partial charge is 0.250 e. The van der Waals surface area contributed by atoms with Gasteiger partial charge in [-0.3, -0.25) is 0 Å². The number of aliphatic imine (C=N–C) groups is 1. The smallest absolute Gasteiger partial charge is 0.108 e. The second kappa shape index (κ2) is 6.66. The summed E-state index contributed by atoms with van der Waals surface area (Å²) in [6.07, 6.45) is 1.59. The van der Waals surface area contributed by atoms with E-state index in [1.165, 1.54) is 16.7 Å². The Morgan fingerprint density at radius 3 is 2.43 bits per heavy atom. The lowest BCUT2D eigenvalue weighted by molar-refractivity contribution is 1.32. The van der Waals surface area contributed by atoms with Crippen molar-refractivity contribution < 1.29 is 0 Å². The van der Waals surface area contributed by atoms with Crippen LogP contribution >= 0.6 is 11.8 Å². The number of allylic oxidation sites excluding steroid dienone is 2. The van der Waals surface area contributed by atoms with E-state index in [4.69, 9.17) is 0 Å². The third-order valence-corrected chi connectivity index (χ3v) is 2.67. The van der Waals surface area contributed by atoms with Gasteiger partial charge in [-0.1, -0.05) is 37.8 Å². The average Bonchev–Trinajstić information content (AvgIpc) is 2.51. The first-order chi connectivity index (χ1) is 6.66.